The van der Waals surface area contributed by atoms with E-state index in [0.29, 0.717) is 18.0 Å². The summed E-state index contributed by atoms with van der Waals surface area (Å²) in [5.74, 6) is 1.57. The molecule has 19 heavy (non-hydrogen) atoms. The molecule has 3 atom stereocenters. The van der Waals surface area contributed by atoms with E-state index < -0.39 is 9.84 Å². The molecular weight excluding hydrogens is 266 g/mol. The van der Waals surface area contributed by atoms with Crippen LogP contribution in [0.3, 0.4) is 0 Å². The smallest absolute Gasteiger partial charge is 0.231 e. The lowest BCUT2D eigenvalue weighted by molar-refractivity contribution is 0.174. The number of ether oxygens (including phenoxy) is 2. The van der Waals surface area contributed by atoms with Gasteiger partial charge in [-0.05, 0) is 30.2 Å². The Balaban J connectivity index is 1.91. The first-order chi connectivity index (χ1) is 9.08. The van der Waals surface area contributed by atoms with E-state index in [1.54, 1.807) is 6.92 Å². The van der Waals surface area contributed by atoms with Gasteiger partial charge in [-0.3, -0.25) is 0 Å². The van der Waals surface area contributed by atoms with Gasteiger partial charge in [0.15, 0.2) is 21.3 Å². The second kappa shape index (κ2) is 4.38. The lowest BCUT2D eigenvalue weighted by atomic mass is 10.1. The van der Waals surface area contributed by atoms with E-state index in [9.17, 15) is 8.42 Å². The van der Waals surface area contributed by atoms with E-state index in [4.69, 9.17) is 15.2 Å². The molecule has 1 aromatic carbocycles. The van der Waals surface area contributed by atoms with Crippen molar-refractivity contribution in [1.82, 2.24) is 0 Å². The minimum atomic E-state index is -3.05. The van der Waals surface area contributed by atoms with Crippen LogP contribution in [-0.2, 0) is 9.84 Å². The van der Waals surface area contributed by atoms with Crippen LogP contribution in [0.15, 0.2) is 18.2 Å². The highest BCUT2D eigenvalue weighted by atomic mass is 32.2. The summed E-state index contributed by atoms with van der Waals surface area (Å²) in [6.07, 6.45) is 0. The molecule has 6 heteroatoms. The Bertz CT molecular complexity index is 599. The van der Waals surface area contributed by atoms with Gasteiger partial charge in [0, 0.05) is 11.7 Å². The summed E-state index contributed by atoms with van der Waals surface area (Å²) >= 11 is 0. The highest BCUT2D eigenvalue weighted by Gasteiger charge is 2.57. The van der Waals surface area contributed by atoms with Crippen molar-refractivity contribution >= 4 is 9.84 Å². The van der Waals surface area contributed by atoms with Gasteiger partial charge in [0.25, 0.3) is 0 Å². The zero-order valence-electron chi connectivity index (χ0n) is 10.7. The molecular formula is C13H17NO4S. The van der Waals surface area contributed by atoms with E-state index in [1.165, 1.54) is 0 Å². The monoisotopic (exact) mass is 283 g/mol. The highest BCUT2D eigenvalue weighted by Crippen LogP contribution is 2.53. The topological polar surface area (TPSA) is 78.6 Å². The van der Waals surface area contributed by atoms with Crippen LogP contribution in [0.2, 0.25) is 0 Å². The van der Waals surface area contributed by atoms with Crippen LogP contribution in [0, 0.1) is 5.92 Å². The van der Waals surface area contributed by atoms with E-state index in [2.05, 4.69) is 0 Å². The first-order valence-electron chi connectivity index (χ1n) is 6.39. The number of hydrogen-bond donors (Lipinski definition) is 1. The van der Waals surface area contributed by atoms with Crippen molar-refractivity contribution < 1.29 is 17.9 Å². The standard InChI is InChI=1S/C13H17NO4S/c1-2-19(15,16)13-9(6-14)12(13)8-3-4-10-11(5-8)18-7-17-10/h3-5,9,12-13H,2,6-7,14H2,1H3/t9-,12-,13-/m1/s1. The van der Waals surface area contributed by atoms with Crippen molar-refractivity contribution in [2.75, 3.05) is 19.1 Å². The van der Waals surface area contributed by atoms with Crippen molar-refractivity contribution in [2.45, 2.75) is 18.1 Å². The average Bonchev–Trinajstić information content (AvgIpc) is 2.99. The lowest BCUT2D eigenvalue weighted by Crippen LogP contribution is -2.15. The minimum absolute atomic E-state index is 0.00977. The molecule has 1 heterocycles. The predicted molar refractivity (Wildman–Crippen MR) is 71.1 cm³/mol. The summed E-state index contributed by atoms with van der Waals surface area (Å²) < 4.78 is 34.7. The number of rotatable bonds is 4. The molecule has 0 unspecified atom stereocenters. The normalized spacial score (nSPS) is 28.4. The maximum absolute atomic E-state index is 12.0. The first kappa shape index (κ1) is 12.7. The summed E-state index contributed by atoms with van der Waals surface area (Å²) in [5.41, 5.74) is 6.67. The zero-order valence-corrected chi connectivity index (χ0v) is 11.5. The number of sulfone groups is 1. The van der Waals surface area contributed by atoms with Crippen LogP contribution < -0.4 is 15.2 Å². The fraction of sp³-hybridized carbons (Fsp3) is 0.538. The maximum Gasteiger partial charge on any atom is 0.231 e. The van der Waals surface area contributed by atoms with Crippen LogP contribution in [0.5, 0.6) is 11.5 Å². The molecule has 0 saturated heterocycles. The Kier molecular flexibility index (Phi) is 2.94. The molecule has 0 amide bonds. The average molecular weight is 283 g/mol. The molecule has 0 aromatic heterocycles. The molecule has 0 radical (unpaired) electrons. The Morgan fingerprint density at radius 2 is 2.05 bits per heavy atom. The third-order valence-corrected chi connectivity index (χ3v) is 6.24. The highest BCUT2D eigenvalue weighted by molar-refractivity contribution is 7.92. The van der Waals surface area contributed by atoms with Crippen LogP contribution >= 0.6 is 0 Å². The summed E-state index contributed by atoms with van der Waals surface area (Å²) in [7, 11) is -3.05. The van der Waals surface area contributed by atoms with Crippen molar-refractivity contribution in [2.24, 2.45) is 11.7 Å². The number of benzene rings is 1. The first-order valence-corrected chi connectivity index (χ1v) is 8.11. The molecule has 2 N–H and O–H groups in total. The third kappa shape index (κ3) is 1.99. The van der Waals surface area contributed by atoms with Gasteiger partial charge >= 0.3 is 0 Å². The number of nitrogens with two attached hydrogens (primary N) is 1. The molecule has 0 spiro atoms. The van der Waals surface area contributed by atoms with Gasteiger partial charge in [0.05, 0.1) is 5.25 Å². The van der Waals surface area contributed by atoms with Gasteiger partial charge in [0.2, 0.25) is 6.79 Å². The Hall–Kier alpha value is -1.27. The Morgan fingerprint density at radius 3 is 2.74 bits per heavy atom. The van der Waals surface area contributed by atoms with Gasteiger partial charge in [-0.2, -0.15) is 0 Å². The summed E-state index contributed by atoms with van der Waals surface area (Å²) in [5, 5.41) is -0.345. The van der Waals surface area contributed by atoms with Crippen molar-refractivity contribution in [1.29, 1.82) is 0 Å². The van der Waals surface area contributed by atoms with Gasteiger partial charge in [0.1, 0.15) is 0 Å². The molecule has 2 aliphatic rings. The van der Waals surface area contributed by atoms with Crippen LogP contribution in [0.4, 0.5) is 0 Å². The van der Waals surface area contributed by atoms with E-state index in [1.807, 2.05) is 18.2 Å². The van der Waals surface area contributed by atoms with E-state index in [-0.39, 0.29) is 29.6 Å². The summed E-state index contributed by atoms with van der Waals surface area (Å²) in [4.78, 5) is 0. The van der Waals surface area contributed by atoms with E-state index in [0.717, 1.165) is 5.56 Å². The van der Waals surface area contributed by atoms with Gasteiger partial charge in [-0.25, -0.2) is 8.42 Å². The Morgan fingerprint density at radius 1 is 1.32 bits per heavy atom. The summed E-state index contributed by atoms with van der Waals surface area (Å²) in [6, 6.07) is 5.62. The number of hydrogen-bond acceptors (Lipinski definition) is 5. The fourth-order valence-corrected chi connectivity index (χ4v) is 4.78. The van der Waals surface area contributed by atoms with Crippen LogP contribution in [0.1, 0.15) is 18.4 Å². The molecule has 104 valence electrons. The zero-order chi connectivity index (χ0) is 13.6. The molecule has 1 aromatic rings. The van der Waals surface area contributed by atoms with Crippen molar-refractivity contribution in [3.05, 3.63) is 23.8 Å². The predicted octanol–water partition coefficient (Wildman–Crippen LogP) is 0.891. The minimum Gasteiger partial charge on any atom is -0.454 e. The number of fused-ring (bicyclic) bond motifs is 1. The molecule has 1 aliphatic heterocycles. The quantitative estimate of drug-likeness (QED) is 0.888. The molecule has 1 fully saturated rings. The second-order valence-electron chi connectivity index (χ2n) is 4.95. The van der Waals surface area contributed by atoms with Crippen LogP contribution in [-0.4, -0.2) is 32.8 Å². The van der Waals surface area contributed by atoms with Gasteiger partial charge in [-0.1, -0.05) is 13.0 Å². The second-order valence-corrected chi connectivity index (χ2v) is 7.40. The van der Waals surface area contributed by atoms with Crippen molar-refractivity contribution in [3.8, 4) is 11.5 Å². The fourth-order valence-electron chi connectivity index (χ4n) is 2.86. The molecule has 1 aliphatic carbocycles. The van der Waals surface area contributed by atoms with Gasteiger partial charge < -0.3 is 15.2 Å². The third-order valence-electron chi connectivity index (χ3n) is 3.97. The largest absolute Gasteiger partial charge is 0.454 e. The van der Waals surface area contributed by atoms with Crippen molar-refractivity contribution in [3.63, 3.8) is 0 Å². The lowest BCUT2D eigenvalue weighted by Gasteiger charge is -2.02. The van der Waals surface area contributed by atoms with Gasteiger partial charge in [-0.15, -0.1) is 0 Å². The molecule has 3 rings (SSSR count). The molecule has 5 nitrogen and oxygen atoms in total. The maximum atomic E-state index is 12.0. The molecule has 1 saturated carbocycles. The SMILES string of the molecule is CCS(=O)(=O)[C@@H]1[C@H](CN)[C@H]1c1ccc2c(c1)OCO2. The molecule has 0 bridgehead atoms. The Labute approximate surface area is 112 Å². The van der Waals surface area contributed by atoms with Crippen LogP contribution in [0.25, 0.3) is 0 Å². The van der Waals surface area contributed by atoms with E-state index >= 15 is 0 Å². The summed E-state index contributed by atoms with van der Waals surface area (Å²) in [6.45, 7) is 2.29.